The van der Waals surface area contributed by atoms with Crippen molar-refractivity contribution in [2.75, 3.05) is 0 Å². The summed E-state index contributed by atoms with van der Waals surface area (Å²) in [6, 6.07) is 42.4. The zero-order valence-electron chi connectivity index (χ0n) is 29.4. The largest absolute Gasteiger partial charge is 2.00 e. The summed E-state index contributed by atoms with van der Waals surface area (Å²) in [5.74, 6) is 0.560. The van der Waals surface area contributed by atoms with Crippen LogP contribution in [0.15, 0.2) is 138 Å². The molecule has 0 heterocycles. The first-order chi connectivity index (χ1) is 22.4. The molecule has 0 bridgehead atoms. The van der Waals surface area contributed by atoms with Gasteiger partial charge in [0, 0.05) is 0 Å². The molecule has 0 saturated heterocycles. The molecule has 1 unspecified atom stereocenters. The van der Waals surface area contributed by atoms with Gasteiger partial charge in [0.25, 0.3) is 0 Å². The van der Waals surface area contributed by atoms with Crippen LogP contribution in [0.2, 0.25) is 0 Å². The quantitative estimate of drug-likeness (QED) is 0.149. The Hall–Kier alpha value is -2.58. The van der Waals surface area contributed by atoms with Crippen molar-refractivity contribution in [1.82, 2.24) is 0 Å². The summed E-state index contributed by atoms with van der Waals surface area (Å²) in [4.78, 5) is 0. The standard InChI is InChI=1S/C12H11Si.C12H10.C11H22N.C9H13.Zr/c1-3-7-11(8-4-1)13-12-9-5-2-6-10-12;1-3-7-11(8-4-1)12-9-5-2-6-10-12;12-11-9-7-5-3-1-2-4-6-8-10-11;1-6-5-7(2)9(4)8(6)3;/h1-10,13H;1-10H;11-12H,1-10H2;6H,1-4H3;/q;;2*-1;+2. The summed E-state index contributed by atoms with van der Waals surface area (Å²) in [5.41, 5.74) is 14.5. The topological polar surface area (TPSA) is 23.8 Å². The Bertz CT molecular complexity index is 1310. The molecule has 2 aliphatic rings. The van der Waals surface area contributed by atoms with E-state index in [-0.39, 0.29) is 41.8 Å². The number of benzene rings is 4. The molecule has 3 heteroatoms. The van der Waals surface area contributed by atoms with Crippen LogP contribution in [-0.2, 0) is 26.2 Å². The second kappa shape index (κ2) is 24.5. The smallest absolute Gasteiger partial charge is 0.675 e. The minimum absolute atomic E-state index is 0. The van der Waals surface area contributed by atoms with Gasteiger partial charge >= 0.3 is 26.2 Å². The first-order valence-electron chi connectivity index (χ1n) is 17.5. The van der Waals surface area contributed by atoms with Gasteiger partial charge in [0.15, 0.2) is 0 Å². The summed E-state index contributed by atoms with van der Waals surface area (Å²) < 4.78 is 0. The van der Waals surface area contributed by atoms with Crippen molar-refractivity contribution in [3.63, 3.8) is 0 Å². The second-order valence-corrected chi connectivity index (χ2v) is 14.2. The van der Waals surface area contributed by atoms with Crippen molar-refractivity contribution in [1.29, 1.82) is 0 Å². The molecule has 47 heavy (non-hydrogen) atoms. The van der Waals surface area contributed by atoms with Crippen LogP contribution in [0.3, 0.4) is 0 Å². The van der Waals surface area contributed by atoms with E-state index in [9.17, 15) is 0 Å². The minimum atomic E-state index is 0. The van der Waals surface area contributed by atoms with E-state index in [1.54, 1.807) is 0 Å². The van der Waals surface area contributed by atoms with E-state index < -0.39 is 0 Å². The Morgan fingerprint density at radius 1 is 0.532 bits per heavy atom. The molecule has 1 N–H and O–H groups in total. The van der Waals surface area contributed by atoms with Crippen molar-refractivity contribution < 1.29 is 26.2 Å². The molecule has 245 valence electrons. The molecule has 4 aromatic rings. The van der Waals surface area contributed by atoms with Crippen LogP contribution in [0.1, 0.15) is 91.9 Å². The zero-order valence-corrected chi connectivity index (χ0v) is 33.0. The molecule has 1 saturated carbocycles. The van der Waals surface area contributed by atoms with E-state index in [0.717, 1.165) is 12.8 Å². The molecule has 0 amide bonds. The molecule has 2 aliphatic carbocycles. The number of hydrogen-bond donors (Lipinski definition) is 0. The minimum Gasteiger partial charge on any atom is -0.675 e. The van der Waals surface area contributed by atoms with E-state index in [1.165, 1.54) is 89.6 Å². The van der Waals surface area contributed by atoms with E-state index in [0.29, 0.717) is 5.92 Å². The molecule has 6 rings (SSSR count). The Morgan fingerprint density at radius 2 is 0.872 bits per heavy atom. The Balaban J connectivity index is 0.000000218. The van der Waals surface area contributed by atoms with Gasteiger partial charge in [-0.25, -0.2) is 5.57 Å². The maximum Gasteiger partial charge on any atom is 2.00 e. The predicted octanol–water partition coefficient (Wildman–Crippen LogP) is 11.5. The van der Waals surface area contributed by atoms with Gasteiger partial charge in [-0.2, -0.15) is 11.1 Å². The third-order valence-corrected chi connectivity index (χ3v) is 10.3. The molecule has 4 aromatic carbocycles. The van der Waals surface area contributed by atoms with Gasteiger partial charge in [0.1, 0.15) is 9.52 Å². The van der Waals surface area contributed by atoms with Gasteiger partial charge in [-0.05, 0) is 11.1 Å². The summed E-state index contributed by atoms with van der Waals surface area (Å²) in [6.07, 6.45) is 16.7. The molecule has 1 atom stereocenters. The van der Waals surface area contributed by atoms with E-state index in [2.05, 4.69) is 143 Å². The van der Waals surface area contributed by atoms with Crippen molar-refractivity contribution in [3.8, 4) is 11.1 Å². The fraction of sp³-hybridized carbons (Fsp3) is 0.364. The molecular formula is C44H56NSiZr. The van der Waals surface area contributed by atoms with Crippen LogP contribution >= 0.6 is 0 Å². The van der Waals surface area contributed by atoms with Crippen LogP contribution in [0, 0.1) is 12.0 Å². The number of hydrogen-bond acceptors (Lipinski definition) is 0. The molecule has 1 radical (unpaired) electrons. The average Bonchev–Trinajstić information content (AvgIpc) is 3.29. The predicted molar refractivity (Wildman–Crippen MR) is 205 cm³/mol. The average molecular weight is 718 g/mol. The van der Waals surface area contributed by atoms with E-state index >= 15 is 0 Å². The molecule has 0 aromatic heterocycles. The van der Waals surface area contributed by atoms with E-state index in [1.807, 2.05) is 12.1 Å². The van der Waals surface area contributed by atoms with Gasteiger partial charge in [-0.3, -0.25) is 6.08 Å². The first-order valence-corrected chi connectivity index (χ1v) is 18.6. The van der Waals surface area contributed by atoms with Crippen LogP contribution in [0.4, 0.5) is 0 Å². The number of allylic oxidation sites excluding steroid dienone is 4. The first kappa shape index (κ1) is 40.6. The Kier molecular flexibility index (Phi) is 21.2. The summed E-state index contributed by atoms with van der Waals surface area (Å²) in [5, 5.41) is 2.90. The normalized spacial score (nSPS) is 16.7. The molecule has 1 nitrogen and oxygen atoms in total. The van der Waals surface area contributed by atoms with Gasteiger partial charge in [0.2, 0.25) is 0 Å². The van der Waals surface area contributed by atoms with Crippen molar-refractivity contribution in [3.05, 3.63) is 150 Å². The van der Waals surface area contributed by atoms with Crippen LogP contribution < -0.4 is 10.4 Å². The summed E-state index contributed by atoms with van der Waals surface area (Å²) >= 11 is 0. The van der Waals surface area contributed by atoms with Crippen molar-refractivity contribution in [2.24, 2.45) is 5.92 Å². The summed E-state index contributed by atoms with van der Waals surface area (Å²) in [6.45, 7) is 8.67. The van der Waals surface area contributed by atoms with Crippen LogP contribution in [0.5, 0.6) is 0 Å². The Labute approximate surface area is 309 Å². The third-order valence-electron chi connectivity index (χ3n) is 8.91. The van der Waals surface area contributed by atoms with Gasteiger partial charge in [-0.1, -0.05) is 223 Å². The summed E-state index contributed by atoms with van der Waals surface area (Å²) in [7, 11) is 0.271. The maximum atomic E-state index is 7.75. The fourth-order valence-electron chi connectivity index (χ4n) is 5.70. The second-order valence-electron chi connectivity index (χ2n) is 12.6. The maximum absolute atomic E-state index is 7.75. The van der Waals surface area contributed by atoms with Crippen LogP contribution in [0.25, 0.3) is 16.9 Å². The molecular weight excluding hydrogens is 662 g/mol. The van der Waals surface area contributed by atoms with Crippen molar-refractivity contribution in [2.45, 2.75) is 97.9 Å². The fourth-order valence-corrected chi connectivity index (χ4v) is 6.91. The monoisotopic (exact) mass is 716 g/mol. The molecule has 0 aliphatic heterocycles. The number of nitrogens with one attached hydrogen (secondary N) is 1. The molecule has 1 fully saturated rings. The Morgan fingerprint density at radius 3 is 1.17 bits per heavy atom. The van der Waals surface area contributed by atoms with Crippen LogP contribution in [-0.4, -0.2) is 15.6 Å². The van der Waals surface area contributed by atoms with E-state index in [4.69, 9.17) is 5.73 Å². The zero-order chi connectivity index (χ0) is 32.8. The van der Waals surface area contributed by atoms with Gasteiger partial charge in [0.05, 0.1) is 0 Å². The van der Waals surface area contributed by atoms with Gasteiger partial charge < -0.3 is 5.73 Å². The third kappa shape index (κ3) is 16.9. The number of rotatable bonds is 3. The SMILES string of the molecule is CC1=[C-]C(C)C(C)=C1C.[NH-]C1CCCCCCCCCC1.[Zr+2].c1ccc(-c2ccccc2)cc1.c1ccc([SiH]c2ccccc2)cc1. The van der Waals surface area contributed by atoms with Gasteiger partial charge in [-0.15, -0.1) is 13.0 Å². The molecule has 0 spiro atoms. The van der Waals surface area contributed by atoms with Crippen molar-refractivity contribution >= 4 is 19.9 Å².